The van der Waals surface area contributed by atoms with Crippen LogP contribution >= 0.6 is 11.6 Å². The monoisotopic (exact) mass is 286 g/mol. The molecule has 6 heteroatoms. The van der Waals surface area contributed by atoms with E-state index in [1.807, 2.05) is 42.5 Å². The van der Waals surface area contributed by atoms with E-state index in [-0.39, 0.29) is 0 Å². The first-order chi connectivity index (χ1) is 9.83. The second kappa shape index (κ2) is 5.71. The molecule has 0 amide bonds. The van der Waals surface area contributed by atoms with E-state index in [9.17, 15) is 0 Å². The van der Waals surface area contributed by atoms with Gasteiger partial charge in [0.15, 0.2) is 0 Å². The molecular formula is C14H11ClN4O. The smallest absolute Gasteiger partial charge is 0.340 e. The number of halogens is 1. The molecule has 0 bridgehead atoms. The Morgan fingerprint density at radius 2 is 1.75 bits per heavy atom. The molecule has 2 aromatic carbocycles. The number of benzene rings is 2. The lowest BCUT2D eigenvalue weighted by molar-refractivity contribution is 0.273. The van der Waals surface area contributed by atoms with Crippen molar-refractivity contribution >= 4 is 11.6 Å². The minimum absolute atomic E-state index is 0.344. The lowest BCUT2D eigenvalue weighted by atomic mass is 10.2. The highest BCUT2D eigenvalue weighted by Crippen LogP contribution is 2.17. The van der Waals surface area contributed by atoms with Crippen molar-refractivity contribution in [2.75, 3.05) is 0 Å². The molecule has 0 fully saturated rings. The predicted molar refractivity (Wildman–Crippen MR) is 74.9 cm³/mol. The zero-order valence-electron chi connectivity index (χ0n) is 10.5. The molecule has 0 saturated heterocycles. The second-order valence-electron chi connectivity index (χ2n) is 4.12. The van der Waals surface area contributed by atoms with Gasteiger partial charge in [-0.25, -0.2) is 0 Å². The number of rotatable bonds is 4. The highest BCUT2D eigenvalue weighted by atomic mass is 35.5. The molecule has 5 nitrogen and oxygen atoms in total. The Balaban J connectivity index is 1.78. The number of nitrogens with zero attached hydrogens (tertiary/aromatic N) is 4. The fourth-order valence-corrected chi connectivity index (χ4v) is 1.86. The Morgan fingerprint density at radius 3 is 2.50 bits per heavy atom. The van der Waals surface area contributed by atoms with Gasteiger partial charge in [-0.3, -0.25) is 0 Å². The van der Waals surface area contributed by atoms with Crippen LogP contribution in [0.25, 0.3) is 5.69 Å². The maximum Gasteiger partial charge on any atom is 0.340 e. The van der Waals surface area contributed by atoms with E-state index >= 15 is 0 Å². The van der Waals surface area contributed by atoms with Crippen molar-refractivity contribution in [1.82, 2.24) is 20.2 Å². The minimum atomic E-state index is 0.344. The van der Waals surface area contributed by atoms with Crippen LogP contribution in [0.3, 0.4) is 0 Å². The molecule has 0 atom stereocenters. The second-order valence-corrected chi connectivity index (χ2v) is 4.56. The highest BCUT2D eigenvalue weighted by Gasteiger charge is 2.09. The molecule has 100 valence electrons. The summed E-state index contributed by atoms with van der Waals surface area (Å²) >= 11 is 5.86. The third kappa shape index (κ3) is 2.78. The first kappa shape index (κ1) is 12.6. The molecule has 0 aliphatic carbocycles. The van der Waals surface area contributed by atoms with Gasteiger partial charge in [-0.05, 0) is 40.3 Å². The van der Waals surface area contributed by atoms with Crippen LogP contribution in [0.5, 0.6) is 6.01 Å². The molecule has 1 heterocycles. The first-order valence-corrected chi connectivity index (χ1v) is 6.42. The van der Waals surface area contributed by atoms with Crippen molar-refractivity contribution in [1.29, 1.82) is 0 Å². The van der Waals surface area contributed by atoms with Crippen molar-refractivity contribution in [3.63, 3.8) is 0 Å². The predicted octanol–water partition coefficient (Wildman–Crippen LogP) is 2.89. The molecule has 0 saturated carbocycles. The lowest BCUT2D eigenvalue weighted by Gasteiger charge is -2.06. The summed E-state index contributed by atoms with van der Waals surface area (Å²) in [6.45, 7) is 0.412. The topological polar surface area (TPSA) is 52.8 Å². The van der Waals surface area contributed by atoms with Gasteiger partial charge in [-0.1, -0.05) is 47.0 Å². The van der Waals surface area contributed by atoms with Crippen molar-refractivity contribution in [2.24, 2.45) is 0 Å². The van der Waals surface area contributed by atoms with E-state index < -0.39 is 0 Å². The molecule has 0 radical (unpaired) electrons. The number of ether oxygens (including phenoxy) is 1. The summed E-state index contributed by atoms with van der Waals surface area (Å²) in [6, 6.07) is 17.4. The van der Waals surface area contributed by atoms with E-state index in [0.29, 0.717) is 17.6 Å². The number of tetrazole rings is 1. The van der Waals surface area contributed by atoms with Crippen molar-refractivity contribution in [3.8, 4) is 11.7 Å². The largest absolute Gasteiger partial charge is 0.457 e. The summed E-state index contributed by atoms with van der Waals surface area (Å²) in [7, 11) is 0. The molecule has 0 spiro atoms. The molecule has 3 aromatic rings. The van der Waals surface area contributed by atoms with Gasteiger partial charge in [0.1, 0.15) is 6.61 Å². The van der Waals surface area contributed by atoms with E-state index in [1.54, 1.807) is 12.1 Å². The van der Waals surface area contributed by atoms with Crippen molar-refractivity contribution in [2.45, 2.75) is 6.61 Å². The molecule has 0 unspecified atom stereocenters. The Morgan fingerprint density at radius 1 is 1.00 bits per heavy atom. The first-order valence-electron chi connectivity index (χ1n) is 6.04. The quantitative estimate of drug-likeness (QED) is 0.740. The average Bonchev–Trinajstić information content (AvgIpc) is 2.95. The third-order valence-corrected chi connectivity index (χ3v) is 2.97. The normalized spacial score (nSPS) is 10.4. The van der Waals surface area contributed by atoms with Gasteiger partial charge >= 0.3 is 6.01 Å². The zero-order chi connectivity index (χ0) is 13.8. The number of hydrogen-bond acceptors (Lipinski definition) is 4. The van der Waals surface area contributed by atoms with Crippen LogP contribution in [-0.4, -0.2) is 20.2 Å². The van der Waals surface area contributed by atoms with Gasteiger partial charge in [-0.2, -0.15) is 4.68 Å². The SMILES string of the molecule is Clc1ccc(-n2nnnc2OCc2ccccc2)cc1. The minimum Gasteiger partial charge on any atom is -0.457 e. The van der Waals surface area contributed by atoms with E-state index in [2.05, 4.69) is 15.5 Å². The maximum absolute atomic E-state index is 5.86. The van der Waals surface area contributed by atoms with Crippen LogP contribution < -0.4 is 4.74 Å². The summed E-state index contributed by atoms with van der Waals surface area (Å²) in [6.07, 6.45) is 0. The summed E-state index contributed by atoms with van der Waals surface area (Å²) in [5.74, 6) is 0. The van der Waals surface area contributed by atoms with Gasteiger partial charge in [-0.15, -0.1) is 0 Å². The van der Waals surface area contributed by atoms with Gasteiger partial charge in [0.2, 0.25) is 0 Å². The van der Waals surface area contributed by atoms with Gasteiger partial charge in [0.05, 0.1) is 5.69 Å². The van der Waals surface area contributed by atoms with Gasteiger partial charge in [0.25, 0.3) is 0 Å². The molecule has 0 aliphatic rings. The van der Waals surface area contributed by atoms with Gasteiger partial charge < -0.3 is 4.74 Å². The molecule has 0 N–H and O–H groups in total. The molecular weight excluding hydrogens is 276 g/mol. The maximum atomic E-state index is 5.86. The fourth-order valence-electron chi connectivity index (χ4n) is 1.74. The van der Waals surface area contributed by atoms with Crippen LogP contribution in [0.15, 0.2) is 54.6 Å². The van der Waals surface area contributed by atoms with Crippen LogP contribution in [0, 0.1) is 0 Å². The van der Waals surface area contributed by atoms with E-state index in [0.717, 1.165) is 11.3 Å². The number of hydrogen-bond donors (Lipinski definition) is 0. The van der Waals surface area contributed by atoms with Crippen molar-refractivity contribution in [3.05, 3.63) is 65.2 Å². The Kier molecular flexibility index (Phi) is 3.60. The Hall–Kier alpha value is -2.40. The standard InChI is InChI=1S/C14H11ClN4O/c15-12-6-8-13(9-7-12)19-14(16-17-18-19)20-10-11-4-2-1-3-5-11/h1-9H,10H2. The third-order valence-electron chi connectivity index (χ3n) is 2.72. The van der Waals surface area contributed by atoms with Gasteiger partial charge in [0, 0.05) is 5.02 Å². The number of aromatic nitrogens is 4. The zero-order valence-corrected chi connectivity index (χ0v) is 11.2. The van der Waals surface area contributed by atoms with Crippen LogP contribution in [0.4, 0.5) is 0 Å². The Labute approximate surface area is 120 Å². The Bertz CT molecular complexity index is 682. The van der Waals surface area contributed by atoms with Crippen LogP contribution in [-0.2, 0) is 6.61 Å². The van der Waals surface area contributed by atoms with E-state index in [1.165, 1.54) is 4.68 Å². The molecule has 1 aromatic heterocycles. The summed E-state index contributed by atoms with van der Waals surface area (Å²) in [4.78, 5) is 0. The van der Waals surface area contributed by atoms with Crippen LogP contribution in [0.1, 0.15) is 5.56 Å². The lowest BCUT2D eigenvalue weighted by Crippen LogP contribution is -2.04. The summed E-state index contributed by atoms with van der Waals surface area (Å²) in [5.41, 5.74) is 1.85. The summed E-state index contributed by atoms with van der Waals surface area (Å²) < 4.78 is 7.17. The molecule has 3 rings (SSSR count). The van der Waals surface area contributed by atoms with Crippen LogP contribution in [0.2, 0.25) is 5.02 Å². The molecule has 0 aliphatic heterocycles. The summed E-state index contributed by atoms with van der Waals surface area (Å²) in [5, 5.41) is 12.1. The fraction of sp³-hybridized carbons (Fsp3) is 0.0714. The average molecular weight is 287 g/mol. The molecule has 20 heavy (non-hydrogen) atoms. The van der Waals surface area contributed by atoms with Crippen molar-refractivity contribution < 1.29 is 4.74 Å². The van der Waals surface area contributed by atoms with E-state index in [4.69, 9.17) is 16.3 Å². The highest BCUT2D eigenvalue weighted by molar-refractivity contribution is 6.30.